The first-order chi connectivity index (χ1) is 8.04. The molecule has 1 heterocycles. The van der Waals surface area contributed by atoms with Crippen molar-refractivity contribution in [2.75, 3.05) is 19.8 Å². The van der Waals surface area contributed by atoms with Gasteiger partial charge in [0.1, 0.15) is 6.61 Å². The minimum atomic E-state index is -0.358. The maximum Gasteiger partial charge on any atom is 0.332 e. The molecule has 0 bridgehead atoms. The van der Waals surface area contributed by atoms with Crippen LogP contribution in [0, 0.1) is 6.92 Å². The van der Waals surface area contributed by atoms with Gasteiger partial charge in [0, 0.05) is 14.2 Å². The van der Waals surface area contributed by atoms with E-state index in [0.717, 1.165) is 9.35 Å². The summed E-state index contributed by atoms with van der Waals surface area (Å²) in [4.78, 5) is 13.2. The van der Waals surface area contributed by atoms with Gasteiger partial charge in [-0.3, -0.25) is 0 Å². The van der Waals surface area contributed by atoms with Crippen LogP contribution in [0.5, 0.6) is 0 Å². The van der Waals surface area contributed by atoms with Crippen LogP contribution in [0.15, 0.2) is 10.5 Å². The number of carbonyl (C=O) groups excluding carboxylic acids is 1. The molecule has 0 spiro atoms. The van der Waals surface area contributed by atoms with Crippen molar-refractivity contribution in [3.63, 3.8) is 0 Å². The molecule has 0 aliphatic carbocycles. The highest BCUT2D eigenvalue weighted by Crippen LogP contribution is 2.29. The second-order valence-electron chi connectivity index (χ2n) is 3.48. The Morgan fingerprint density at radius 3 is 2.88 bits per heavy atom. The first-order valence-corrected chi connectivity index (χ1v) is 6.90. The van der Waals surface area contributed by atoms with Gasteiger partial charge in [-0.25, -0.2) is 4.79 Å². The lowest BCUT2D eigenvalue weighted by molar-refractivity contribution is -0.148. The van der Waals surface area contributed by atoms with Gasteiger partial charge in [0.15, 0.2) is 0 Å². The molecule has 0 saturated heterocycles. The van der Waals surface area contributed by atoms with Crippen molar-refractivity contribution < 1.29 is 14.3 Å². The molecule has 1 aromatic heterocycles. The van der Waals surface area contributed by atoms with E-state index in [1.807, 2.05) is 13.0 Å². The first-order valence-electron chi connectivity index (χ1n) is 5.29. The number of ether oxygens (including phenoxy) is 2. The van der Waals surface area contributed by atoms with Gasteiger partial charge >= 0.3 is 5.97 Å². The third-order valence-electron chi connectivity index (χ3n) is 2.06. The predicted octanol–water partition coefficient (Wildman–Crippen LogP) is 2.40. The third-order valence-corrected chi connectivity index (χ3v) is 4.33. The average molecular weight is 322 g/mol. The fourth-order valence-electron chi connectivity index (χ4n) is 1.22. The fourth-order valence-corrected chi connectivity index (χ4v) is 2.77. The number of aryl methyl sites for hydroxylation is 1. The molecule has 1 atom stereocenters. The van der Waals surface area contributed by atoms with E-state index >= 15 is 0 Å². The molecule has 96 valence electrons. The summed E-state index contributed by atoms with van der Waals surface area (Å²) in [7, 11) is 0. The molecule has 4 nitrogen and oxygen atoms in total. The number of carbonyl (C=O) groups is 1. The number of rotatable bonds is 6. The van der Waals surface area contributed by atoms with Gasteiger partial charge < -0.3 is 15.2 Å². The number of hydrogen-bond donors (Lipinski definition) is 1. The molecule has 0 fully saturated rings. The Morgan fingerprint density at radius 1 is 1.65 bits per heavy atom. The topological polar surface area (TPSA) is 61.5 Å². The van der Waals surface area contributed by atoms with E-state index in [9.17, 15) is 4.79 Å². The zero-order valence-electron chi connectivity index (χ0n) is 9.86. The van der Waals surface area contributed by atoms with Crippen molar-refractivity contribution >= 4 is 33.2 Å². The van der Waals surface area contributed by atoms with Crippen LogP contribution in [0.2, 0.25) is 0 Å². The monoisotopic (exact) mass is 321 g/mol. The standard InChI is InChI=1S/C11H16BrNO3S/c1-3-16-11(14)6-15-5-9(13)10-4-8(12)7(2)17-10/h4,9H,3,5-6,13H2,1-2H3. The van der Waals surface area contributed by atoms with Gasteiger partial charge in [-0.05, 0) is 35.8 Å². The molecule has 0 amide bonds. The van der Waals surface area contributed by atoms with Crippen LogP contribution in [0.1, 0.15) is 22.7 Å². The van der Waals surface area contributed by atoms with Crippen LogP contribution in [0.25, 0.3) is 0 Å². The number of nitrogens with two attached hydrogens (primary N) is 1. The zero-order chi connectivity index (χ0) is 12.8. The molecule has 0 radical (unpaired) electrons. The van der Waals surface area contributed by atoms with Gasteiger partial charge in [-0.2, -0.15) is 0 Å². The number of hydrogen-bond acceptors (Lipinski definition) is 5. The second-order valence-corrected chi connectivity index (χ2v) is 5.62. The van der Waals surface area contributed by atoms with Gasteiger partial charge in [0.25, 0.3) is 0 Å². The molecular formula is C11H16BrNO3S. The molecule has 0 aromatic carbocycles. The van der Waals surface area contributed by atoms with Crippen molar-refractivity contribution in [2.45, 2.75) is 19.9 Å². The summed E-state index contributed by atoms with van der Waals surface area (Å²) in [5.41, 5.74) is 5.95. The van der Waals surface area contributed by atoms with E-state index in [1.54, 1.807) is 18.3 Å². The summed E-state index contributed by atoms with van der Waals surface area (Å²) in [6.45, 7) is 4.41. The summed E-state index contributed by atoms with van der Waals surface area (Å²) in [5.74, 6) is -0.358. The molecule has 6 heteroatoms. The maximum atomic E-state index is 11.0. The smallest absolute Gasteiger partial charge is 0.332 e. The summed E-state index contributed by atoms with van der Waals surface area (Å²) in [5, 5.41) is 0. The Bertz CT molecular complexity index is 361. The lowest BCUT2D eigenvalue weighted by atomic mass is 10.3. The summed E-state index contributed by atoms with van der Waals surface area (Å²) < 4.78 is 11.0. The minimum absolute atomic E-state index is 0.0485. The molecule has 17 heavy (non-hydrogen) atoms. The Hall–Kier alpha value is -0.430. The van der Waals surface area contributed by atoms with E-state index in [-0.39, 0.29) is 18.6 Å². The third kappa shape index (κ3) is 4.75. The molecule has 2 N–H and O–H groups in total. The SMILES string of the molecule is CCOC(=O)COCC(N)c1cc(Br)c(C)s1. The number of esters is 1. The van der Waals surface area contributed by atoms with Crippen LogP contribution >= 0.6 is 27.3 Å². The first kappa shape index (κ1) is 14.6. The Balaban J connectivity index is 2.34. The van der Waals surface area contributed by atoms with Crippen molar-refractivity contribution in [2.24, 2.45) is 5.73 Å². The van der Waals surface area contributed by atoms with Crippen LogP contribution in [-0.2, 0) is 14.3 Å². The minimum Gasteiger partial charge on any atom is -0.464 e. The molecule has 0 aliphatic rings. The van der Waals surface area contributed by atoms with E-state index in [2.05, 4.69) is 15.9 Å². The molecule has 1 rings (SSSR count). The molecule has 0 aliphatic heterocycles. The van der Waals surface area contributed by atoms with Crippen molar-refractivity contribution in [3.8, 4) is 0 Å². The summed E-state index contributed by atoms with van der Waals surface area (Å²) in [6.07, 6.45) is 0. The quantitative estimate of drug-likeness (QED) is 0.817. The highest BCUT2D eigenvalue weighted by molar-refractivity contribution is 9.10. The van der Waals surface area contributed by atoms with E-state index in [0.29, 0.717) is 13.2 Å². The fraction of sp³-hybridized carbons (Fsp3) is 0.545. The molecular weight excluding hydrogens is 306 g/mol. The van der Waals surface area contributed by atoms with Crippen molar-refractivity contribution in [1.29, 1.82) is 0 Å². The van der Waals surface area contributed by atoms with Crippen LogP contribution in [-0.4, -0.2) is 25.8 Å². The summed E-state index contributed by atoms with van der Waals surface area (Å²) in [6, 6.07) is 1.78. The Labute approximate surface area is 113 Å². The summed E-state index contributed by atoms with van der Waals surface area (Å²) >= 11 is 5.06. The molecule has 1 aromatic rings. The second kappa shape index (κ2) is 7.10. The highest BCUT2D eigenvalue weighted by atomic mass is 79.9. The van der Waals surface area contributed by atoms with Crippen molar-refractivity contribution in [1.82, 2.24) is 0 Å². The number of halogens is 1. The van der Waals surface area contributed by atoms with Crippen LogP contribution in [0.3, 0.4) is 0 Å². The van der Waals surface area contributed by atoms with Gasteiger partial charge in [0.2, 0.25) is 0 Å². The number of thiophene rings is 1. The lowest BCUT2D eigenvalue weighted by Crippen LogP contribution is -2.20. The van der Waals surface area contributed by atoms with Gasteiger partial charge in [0.05, 0.1) is 19.3 Å². The molecule has 1 unspecified atom stereocenters. The van der Waals surface area contributed by atoms with Crippen LogP contribution in [0.4, 0.5) is 0 Å². The van der Waals surface area contributed by atoms with Crippen molar-refractivity contribution in [3.05, 3.63) is 20.3 Å². The molecule has 0 saturated carbocycles. The maximum absolute atomic E-state index is 11.0. The van der Waals surface area contributed by atoms with Crippen LogP contribution < -0.4 is 5.73 Å². The Kier molecular flexibility index (Phi) is 6.11. The van der Waals surface area contributed by atoms with E-state index < -0.39 is 0 Å². The normalized spacial score (nSPS) is 12.5. The average Bonchev–Trinajstić information content (AvgIpc) is 2.59. The highest BCUT2D eigenvalue weighted by Gasteiger charge is 2.12. The predicted molar refractivity (Wildman–Crippen MR) is 71.1 cm³/mol. The van der Waals surface area contributed by atoms with Gasteiger partial charge in [-0.15, -0.1) is 11.3 Å². The largest absolute Gasteiger partial charge is 0.464 e. The van der Waals surface area contributed by atoms with E-state index in [4.69, 9.17) is 15.2 Å². The lowest BCUT2D eigenvalue weighted by Gasteiger charge is -2.09. The van der Waals surface area contributed by atoms with Gasteiger partial charge in [-0.1, -0.05) is 0 Å². The Morgan fingerprint density at radius 2 is 2.35 bits per heavy atom. The zero-order valence-corrected chi connectivity index (χ0v) is 12.3. The van der Waals surface area contributed by atoms with E-state index in [1.165, 1.54) is 4.88 Å².